The molecule has 3 heteroatoms. The van der Waals surface area contributed by atoms with Crippen molar-refractivity contribution in [3.8, 4) is 11.5 Å². The summed E-state index contributed by atoms with van der Waals surface area (Å²) in [5.74, 6) is 1.32. The van der Waals surface area contributed by atoms with Gasteiger partial charge in [-0.1, -0.05) is 30.3 Å². The predicted octanol–water partition coefficient (Wildman–Crippen LogP) is 4.04. The molecule has 0 aliphatic rings. The third-order valence-corrected chi connectivity index (χ3v) is 3.31. The van der Waals surface area contributed by atoms with Gasteiger partial charge in [0.1, 0.15) is 12.4 Å². The third-order valence-electron chi connectivity index (χ3n) is 3.31. The molecule has 2 aromatic rings. The van der Waals surface area contributed by atoms with Crippen LogP contribution in [0.4, 0.5) is 0 Å². The van der Waals surface area contributed by atoms with Crippen LogP contribution in [-0.2, 0) is 6.61 Å². The van der Waals surface area contributed by atoms with Crippen LogP contribution in [0.5, 0.6) is 11.5 Å². The van der Waals surface area contributed by atoms with E-state index in [4.69, 9.17) is 9.99 Å². The topological polar surface area (TPSA) is 38.7 Å². The molecule has 0 atom stereocenters. The highest BCUT2D eigenvalue weighted by Gasteiger charge is 2.12. The van der Waals surface area contributed by atoms with Gasteiger partial charge in [-0.25, -0.2) is 5.26 Å². The second-order valence-electron chi connectivity index (χ2n) is 4.64. The number of rotatable bonds is 4. The zero-order valence-electron chi connectivity index (χ0n) is 11.4. The van der Waals surface area contributed by atoms with Gasteiger partial charge in [-0.2, -0.15) is 0 Å². The van der Waals surface area contributed by atoms with Crippen molar-refractivity contribution in [2.24, 2.45) is 0 Å². The van der Waals surface area contributed by atoms with E-state index in [0.29, 0.717) is 12.4 Å². The van der Waals surface area contributed by atoms with E-state index in [0.717, 1.165) is 28.0 Å². The van der Waals surface area contributed by atoms with E-state index in [-0.39, 0.29) is 0 Å². The molecule has 100 valence electrons. The summed E-state index contributed by atoms with van der Waals surface area (Å²) in [6, 6.07) is 11.9. The molecule has 0 saturated carbocycles. The summed E-state index contributed by atoms with van der Waals surface area (Å²) in [6.07, 6.45) is 0. The first kappa shape index (κ1) is 13.4. The molecular formula is C16H18O3. The zero-order valence-corrected chi connectivity index (χ0v) is 11.4. The molecule has 0 fully saturated rings. The van der Waals surface area contributed by atoms with Gasteiger partial charge >= 0.3 is 0 Å². The summed E-state index contributed by atoms with van der Waals surface area (Å²) < 4.78 is 5.85. The Labute approximate surface area is 113 Å². The first-order valence-electron chi connectivity index (χ1n) is 6.22. The molecule has 0 amide bonds. The SMILES string of the molecule is Cc1cc(OCc2ccccc2)c(C)c(C)c1OO. The predicted molar refractivity (Wildman–Crippen MR) is 74.7 cm³/mol. The Hall–Kier alpha value is -2.00. The lowest BCUT2D eigenvalue weighted by Crippen LogP contribution is -2.01. The molecule has 19 heavy (non-hydrogen) atoms. The van der Waals surface area contributed by atoms with Crippen molar-refractivity contribution in [2.45, 2.75) is 27.4 Å². The van der Waals surface area contributed by atoms with E-state index in [1.807, 2.05) is 57.2 Å². The van der Waals surface area contributed by atoms with Gasteiger partial charge in [0, 0.05) is 5.56 Å². The van der Waals surface area contributed by atoms with Gasteiger partial charge in [-0.15, -0.1) is 0 Å². The van der Waals surface area contributed by atoms with E-state index in [2.05, 4.69) is 4.89 Å². The van der Waals surface area contributed by atoms with Crippen molar-refractivity contribution in [1.82, 2.24) is 0 Å². The Morgan fingerprint density at radius 1 is 1.00 bits per heavy atom. The Bertz CT molecular complexity index is 562. The number of ether oxygens (including phenoxy) is 1. The number of aryl methyl sites for hydroxylation is 1. The fraction of sp³-hybridized carbons (Fsp3) is 0.250. The highest BCUT2D eigenvalue weighted by atomic mass is 17.1. The number of hydrogen-bond acceptors (Lipinski definition) is 3. The Kier molecular flexibility index (Phi) is 4.07. The van der Waals surface area contributed by atoms with E-state index < -0.39 is 0 Å². The molecule has 2 aromatic carbocycles. The highest BCUT2D eigenvalue weighted by Crippen LogP contribution is 2.33. The lowest BCUT2D eigenvalue weighted by atomic mass is 10.0. The lowest BCUT2D eigenvalue weighted by Gasteiger charge is -2.15. The fourth-order valence-corrected chi connectivity index (χ4v) is 2.05. The maximum absolute atomic E-state index is 8.88. The molecular weight excluding hydrogens is 240 g/mol. The highest BCUT2D eigenvalue weighted by molar-refractivity contribution is 5.51. The summed E-state index contributed by atoms with van der Waals surface area (Å²) in [5.41, 5.74) is 3.85. The van der Waals surface area contributed by atoms with Crippen molar-refractivity contribution in [1.29, 1.82) is 0 Å². The van der Waals surface area contributed by atoms with Crippen LogP contribution in [0, 0.1) is 20.8 Å². The van der Waals surface area contributed by atoms with Crippen LogP contribution < -0.4 is 9.62 Å². The maximum Gasteiger partial charge on any atom is 0.171 e. The summed E-state index contributed by atoms with van der Waals surface area (Å²) in [5, 5.41) is 8.88. The maximum atomic E-state index is 8.88. The lowest BCUT2D eigenvalue weighted by molar-refractivity contribution is -0.138. The van der Waals surface area contributed by atoms with Crippen LogP contribution in [0.25, 0.3) is 0 Å². The minimum Gasteiger partial charge on any atom is -0.489 e. The Balaban J connectivity index is 2.22. The first-order chi connectivity index (χ1) is 9.13. The van der Waals surface area contributed by atoms with E-state index in [9.17, 15) is 0 Å². The molecule has 3 nitrogen and oxygen atoms in total. The monoisotopic (exact) mass is 258 g/mol. The van der Waals surface area contributed by atoms with Crippen LogP contribution in [0.1, 0.15) is 22.3 Å². The Morgan fingerprint density at radius 3 is 2.32 bits per heavy atom. The average Bonchev–Trinajstić information content (AvgIpc) is 2.43. The molecule has 0 saturated heterocycles. The summed E-state index contributed by atoms with van der Waals surface area (Å²) in [7, 11) is 0. The molecule has 0 spiro atoms. The van der Waals surface area contributed by atoms with Crippen molar-refractivity contribution >= 4 is 0 Å². The molecule has 0 unspecified atom stereocenters. The van der Waals surface area contributed by atoms with Crippen LogP contribution in [0.15, 0.2) is 36.4 Å². The van der Waals surface area contributed by atoms with Crippen molar-refractivity contribution in [3.05, 3.63) is 58.7 Å². The van der Waals surface area contributed by atoms with E-state index in [1.165, 1.54) is 0 Å². The second kappa shape index (κ2) is 5.76. The largest absolute Gasteiger partial charge is 0.489 e. The molecule has 0 aromatic heterocycles. The van der Waals surface area contributed by atoms with Crippen LogP contribution in [0.2, 0.25) is 0 Å². The van der Waals surface area contributed by atoms with Crippen LogP contribution in [-0.4, -0.2) is 5.26 Å². The van der Waals surface area contributed by atoms with Gasteiger partial charge in [0.05, 0.1) is 0 Å². The van der Waals surface area contributed by atoms with Gasteiger partial charge < -0.3 is 9.62 Å². The van der Waals surface area contributed by atoms with Crippen LogP contribution >= 0.6 is 0 Å². The van der Waals surface area contributed by atoms with E-state index >= 15 is 0 Å². The minimum absolute atomic E-state index is 0.504. The molecule has 0 radical (unpaired) electrons. The smallest absolute Gasteiger partial charge is 0.171 e. The van der Waals surface area contributed by atoms with E-state index in [1.54, 1.807) is 0 Å². The molecule has 0 aliphatic carbocycles. The Morgan fingerprint density at radius 2 is 1.68 bits per heavy atom. The molecule has 2 rings (SSSR count). The standard InChI is InChI=1S/C16H18O3/c1-11-9-15(12(2)13(3)16(11)19-17)18-10-14-7-5-4-6-8-14/h4-9,17H,10H2,1-3H3. The summed E-state index contributed by atoms with van der Waals surface area (Å²) >= 11 is 0. The number of hydrogen-bond donors (Lipinski definition) is 1. The van der Waals surface area contributed by atoms with Crippen molar-refractivity contribution in [3.63, 3.8) is 0 Å². The fourth-order valence-electron chi connectivity index (χ4n) is 2.05. The normalized spacial score (nSPS) is 10.3. The second-order valence-corrected chi connectivity index (χ2v) is 4.64. The average molecular weight is 258 g/mol. The van der Waals surface area contributed by atoms with Gasteiger partial charge in [0.2, 0.25) is 0 Å². The molecule has 0 heterocycles. The summed E-state index contributed by atoms with van der Waals surface area (Å²) in [4.78, 5) is 4.42. The zero-order chi connectivity index (χ0) is 13.8. The molecule has 0 aliphatic heterocycles. The molecule has 0 bridgehead atoms. The van der Waals surface area contributed by atoms with Gasteiger partial charge in [0.15, 0.2) is 5.75 Å². The first-order valence-corrected chi connectivity index (χ1v) is 6.22. The van der Waals surface area contributed by atoms with Gasteiger partial charge in [-0.3, -0.25) is 0 Å². The quantitative estimate of drug-likeness (QED) is 0.664. The van der Waals surface area contributed by atoms with Crippen LogP contribution in [0.3, 0.4) is 0 Å². The molecule has 1 N–H and O–H groups in total. The summed E-state index contributed by atoms with van der Waals surface area (Å²) in [6.45, 7) is 6.27. The van der Waals surface area contributed by atoms with Gasteiger partial charge in [-0.05, 0) is 43.5 Å². The third kappa shape index (κ3) is 2.88. The van der Waals surface area contributed by atoms with Crippen molar-refractivity contribution in [2.75, 3.05) is 0 Å². The van der Waals surface area contributed by atoms with Gasteiger partial charge in [0.25, 0.3) is 0 Å². The number of benzene rings is 2. The minimum atomic E-state index is 0.504. The van der Waals surface area contributed by atoms with Crippen molar-refractivity contribution < 1.29 is 14.9 Å².